The van der Waals surface area contributed by atoms with E-state index in [2.05, 4.69) is 15.4 Å². The number of ether oxygens (including phenoxy) is 2. The van der Waals surface area contributed by atoms with E-state index in [9.17, 15) is 14.4 Å². The summed E-state index contributed by atoms with van der Waals surface area (Å²) >= 11 is 0. The van der Waals surface area contributed by atoms with Crippen LogP contribution in [0.5, 0.6) is 0 Å². The number of hydrogen-bond donors (Lipinski definition) is 2. The van der Waals surface area contributed by atoms with Gasteiger partial charge >= 0.3 is 12.1 Å². The van der Waals surface area contributed by atoms with Crippen LogP contribution >= 0.6 is 0 Å². The fourth-order valence-corrected chi connectivity index (χ4v) is 1.74. The monoisotopic (exact) mass is 288 g/mol. The van der Waals surface area contributed by atoms with E-state index in [0.29, 0.717) is 0 Å². The van der Waals surface area contributed by atoms with E-state index in [1.54, 1.807) is 20.8 Å². The van der Waals surface area contributed by atoms with E-state index in [-0.39, 0.29) is 12.8 Å². The molecule has 0 bridgehead atoms. The molecule has 0 aromatic heterocycles. The van der Waals surface area contributed by atoms with Gasteiger partial charge in [-0.25, -0.2) is 9.59 Å². The summed E-state index contributed by atoms with van der Waals surface area (Å²) < 4.78 is 24.7. The zero-order chi connectivity index (χ0) is 17.1. The van der Waals surface area contributed by atoms with Crippen molar-refractivity contribution < 1.29 is 26.6 Å². The van der Waals surface area contributed by atoms with Crippen molar-refractivity contribution in [3.8, 4) is 0 Å². The molecule has 2 N–H and O–H groups in total. The maximum absolute atomic E-state index is 11.8. The van der Waals surface area contributed by atoms with Gasteiger partial charge in [0.25, 0.3) is 0 Å². The van der Waals surface area contributed by atoms with E-state index in [1.165, 1.54) is 7.11 Å². The molecule has 1 rings (SSSR count). The molecule has 20 heavy (non-hydrogen) atoms. The second kappa shape index (κ2) is 6.58. The number of hydrogen-bond acceptors (Lipinski definition) is 5. The SMILES string of the molecule is [2H]C1([2H])C[C@@H](C[C@H](NC(=O)OC(C)(C)C)C(=O)OC)C(=O)N1. The Kier molecular flexibility index (Phi) is 4.35. The van der Waals surface area contributed by atoms with Gasteiger partial charge in [0.2, 0.25) is 5.91 Å². The lowest BCUT2D eigenvalue weighted by Gasteiger charge is -2.23. The van der Waals surface area contributed by atoms with Crippen molar-refractivity contribution in [3.63, 3.8) is 0 Å². The fourth-order valence-electron chi connectivity index (χ4n) is 1.74. The number of carbonyl (C=O) groups excluding carboxylic acids is 3. The van der Waals surface area contributed by atoms with Gasteiger partial charge in [0, 0.05) is 15.2 Å². The van der Waals surface area contributed by atoms with Crippen molar-refractivity contribution in [1.29, 1.82) is 0 Å². The molecule has 0 radical (unpaired) electrons. The smallest absolute Gasteiger partial charge is 0.408 e. The van der Waals surface area contributed by atoms with Crippen molar-refractivity contribution in [2.24, 2.45) is 5.92 Å². The first-order valence-electron chi connectivity index (χ1n) is 7.33. The van der Waals surface area contributed by atoms with Crippen LogP contribution in [0.3, 0.4) is 0 Å². The number of alkyl carbamates (subject to hydrolysis) is 1. The molecule has 1 aliphatic rings. The molecule has 0 unspecified atom stereocenters. The summed E-state index contributed by atoms with van der Waals surface area (Å²) in [5.74, 6) is -1.94. The van der Waals surface area contributed by atoms with Gasteiger partial charge in [-0.2, -0.15) is 0 Å². The lowest BCUT2D eigenvalue weighted by molar-refractivity contribution is -0.143. The summed E-state index contributed by atoms with van der Waals surface area (Å²) in [5, 5.41) is 4.56. The number of nitrogens with one attached hydrogen (secondary N) is 2. The first kappa shape index (κ1) is 13.2. The molecule has 0 saturated carbocycles. The van der Waals surface area contributed by atoms with Crippen LogP contribution in [0.2, 0.25) is 0 Å². The first-order valence-corrected chi connectivity index (χ1v) is 6.33. The van der Waals surface area contributed by atoms with Gasteiger partial charge in [-0.3, -0.25) is 4.79 Å². The fraction of sp³-hybridized carbons (Fsp3) is 0.769. The molecule has 0 spiro atoms. The maximum atomic E-state index is 11.8. The Hall–Kier alpha value is -1.79. The summed E-state index contributed by atoms with van der Waals surface area (Å²) in [6.07, 6.45) is -0.934. The van der Waals surface area contributed by atoms with Gasteiger partial charge in [-0.15, -0.1) is 0 Å². The van der Waals surface area contributed by atoms with Crippen molar-refractivity contribution in [2.75, 3.05) is 13.6 Å². The average molecular weight is 288 g/mol. The molecule has 0 aromatic rings. The lowest BCUT2D eigenvalue weighted by atomic mass is 9.98. The zero-order valence-electron chi connectivity index (χ0n) is 14.1. The first-order chi connectivity index (χ1) is 9.93. The molecule has 2 amide bonds. The normalized spacial score (nSPS) is 24.0. The standard InChI is InChI=1S/C13H22N2O5/c1-13(2,3)20-12(18)15-9(11(17)19-4)7-8-5-6-14-10(8)16/h8-9H,5-7H2,1-4H3,(H,14,16)(H,15,18)/t8-,9-/m0/s1/i6D2. The van der Waals surface area contributed by atoms with E-state index < -0.39 is 42.0 Å². The van der Waals surface area contributed by atoms with Crippen molar-refractivity contribution in [2.45, 2.75) is 45.3 Å². The van der Waals surface area contributed by atoms with Crippen molar-refractivity contribution in [1.82, 2.24) is 10.6 Å². The highest BCUT2D eigenvalue weighted by atomic mass is 16.6. The van der Waals surface area contributed by atoms with Gasteiger partial charge in [0.05, 0.1) is 7.11 Å². The van der Waals surface area contributed by atoms with E-state index in [0.717, 1.165) is 0 Å². The second-order valence-corrected chi connectivity index (χ2v) is 5.52. The molecule has 7 nitrogen and oxygen atoms in total. The van der Waals surface area contributed by atoms with Crippen LogP contribution in [0.4, 0.5) is 4.79 Å². The minimum atomic E-state index is -1.81. The molecule has 0 aliphatic carbocycles. The van der Waals surface area contributed by atoms with Crippen LogP contribution in [0.1, 0.15) is 36.4 Å². The molecule has 1 saturated heterocycles. The molecular weight excluding hydrogens is 264 g/mol. The molecule has 7 heteroatoms. The number of carbonyl (C=O) groups is 3. The minimum Gasteiger partial charge on any atom is -0.467 e. The lowest BCUT2D eigenvalue weighted by Crippen LogP contribution is -2.45. The van der Waals surface area contributed by atoms with Crippen LogP contribution < -0.4 is 10.6 Å². The number of methoxy groups -OCH3 is 1. The second-order valence-electron chi connectivity index (χ2n) is 5.52. The summed E-state index contributed by atoms with van der Waals surface area (Å²) in [6.45, 7) is 3.23. The Balaban J connectivity index is 2.72. The maximum Gasteiger partial charge on any atom is 0.408 e. The van der Waals surface area contributed by atoms with Gasteiger partial charge in [-0.1, -0.05) is 0 Å². The molecular formula is C13H22N2O5. The van der Waals surface area contributed by atoms with Crippen LogP contribution in [0.15, 0.2) is 0 Å². The summed E-state index contributed by atoms with van der Waals surface area (Å²) in [7, 11) is 1.17. The van der Waals surface area contributed by atoms with Crippen molar-refractivity contribution in [3.05, 3.63) is 0 Å². The van der Waals surface area contributed by atoms with E-state index >= 15 is 0 Å². The van der Waals surface area contributed by atoms with Crippen LogP contribution in [0, 0.1) is 5.92 Å². The van der Waals surface area contributed by atoms with E-state index in [1.807, 2.05) is 0 Å². The Labute approximate surface area is 121 Å². The zero-order valence-corrected chi connectivity index (χ0v) is 12.1. The van der Waals surface area contributed by atoms with Gasteiger partial charge < -0.3 is 20.1 Å². The highest BCUT2D eigenvalue weighted by Gasteiger charge is 2.32. The van der Waals surface area contributed by atoms with Crippen molar-refractivity contribution >= 4 is 18.0 Å². The third-order valence-corrected chi connectivity index (χ3v) is 2.63. The Morgan fingerprint density at radius 2 is 2.20 bits per heavy atom. The molecule has 2 atom stereocenters. The molecule has 0 aromatic carbocycles. The molecule has 1 heterocycles. The van der Waals surface area contributed by atoms with Gasteiger partial charge in [0.1, 0.15) is 11.6 Å². The number of rotatable bonds is 4. The van der Waals surface area contributed by atoms with Gasteiger partial charge in [-0.05, 0) is 33.6 Å². The summed E-state index contributed by atoms with van der Waals surface area (Å²) in [6, 6.07) is -1.08. The predicted molar refractivity (Wildman–Crippen MR) is 70.9 cm³/mol. The topological polar surface area (TPSA) is 93.7 Å². The summed E-state index contributed by atoms with van der Waals surface area (Å²) in [5.41, 5.74) is -0.729. The quantitative estimate of drug-likeness (QED) is 0.738. The van der Waals surface area contributed by atoms with E-state index in [4.69, 9.17) is 7.48 Å². The third-order valence-electron chi connectivity index (χ3n) is 2.63. The third kappa shape index (κ3) is 5.07. The van der Waals surface area contributed by atoms with Crippen LogP contribution in [0.25, 0.3) is 0 Å². The predicted octanol–water partition coefficient (Wildman–Crippen LogP) is 0.579. The Bertz CT molecular complexity index is 462. The highest BCUT2D eigenvalue weighted by molar-refractivity contribution is 5.84. The Morgan fingerprint density at radius 1 is 1.55 bits per heavy atom. The highest BCUT2D eigenvalue weighted by Crippen LogP contribution is 2.17. The van der Waals surface area contributed by atoms with Crippen LogP contribution in [-0.2, 0) is 19.1 Å². The molecule has 1 aliphatic heterocycles. The number of amides is 2. The average Bonchev–Trinajstić information content (AvgIpc) is 2.58. The minimum absolute atomic E-state index is 0.0583. The largest absolute Gasteiger partial charge is 0.467 e. The Morgan fingerprint density at radius 3 is 2.65 bits per heavy atom. The number of esters is 1. The van der Waals surface area contributed by atoms with Crippen LogP contribution in [-0.4, -0.2) is 43.2 Å². The summed E-state index contributed by atoms with van der Waals surface area (Å²) in [4.78, 5) is 35.2. The molecule has 1 fully saturated rings. The van der Waals surface area contributed by atoms with Gasteiger partial charge in [0.15, 0.2) is 0 Å². The molecule has 114 valence electrons.